The van der Waals surface area contributed by atoms with Crippen molar-refractivity contribution in [1.29, 1.82) is 0 Å². The standard InChI is InChI=1S/C13H18N2O4/c1-3-19-13(18)14-7-6-12(17)15-10-8-9(2)4-5-11(10)16/h4-5,8,16H,3,6-7H2,1-2H3,(H,14,18)(H,15,17). The fourth-order valence-corrected chi connectivity index (χ4v) is 1.42. The number of amides is 2. The molecule has 1 aromatic rings. The van der Waals surface area contributed by atoms with Crippen LogP contribution < -0.4 is 10.6 Å². The second kappa shape index (κ2) is 7.25. The number of carbonyl (C=O) groups is 2. The maximum absolute atomic E-state index is 11.6. The predicted octanol–water partition coefficient (Wildman–Crippen LogP) is 1.78. The normalized spacial score (nSPS) is 9.79. The number of alkyl carbamates (subject to hydrolysis) is 1. The van der Waals surface area contributed by atoms with Gasteiger partial charge < -0.3 is 20.5 Å². The fraction of sp³-hybridized carbons (Fsp3) is 0.385. The third-order valence-electron chi connectivity index (χ3n) is 2.32. The Morgan fingerprint density at radius 2 is 2.11 bits per heavy atom. The first-order valence-corrected chi connectivity index (χ1v) is 6.03. The van der Waals surface area contributed by atoms with Crippen LogP contribution >= 0.6 is 0 Å². The molecule has 0 atom stereocenters. The number of phenols is 1. The third kappa shape index (κ3) is 5.29. The zero-order valence-corrected chi connectivity index (χ0v) is 11.0. The van der Waals surface area contributed by atoms with Crippen molar-refractivity contribution in [3.05, 3.63) is 23.8 Å². The summed E-state index contributed by atoms with van der Waals surface area (Å²) in [7, 11) is 0. The Kier molecular flexibility index (Phi) is 5.66. The van der Waals surface area contributed by atoms with E-state index in [0.717, 1.165) is 5.56 Å². The maximum atomic E-state index is 11.6. The van der Waals surface area contributed by atoms with E-state index in [4.69, 9.17) is 0 Å². The summed E-state index contributed by atoms with van der Waals surface area (Å²) in [5.74, 6) is -0.282. The van der Waals surface area contributed by atoms with E-state index in [-0.39, 0.29) is 31.2 Å². The van der Waals surface area contributed by atoms with Gasteiger partial charge in [-0.15, -0.1) is 0 Å². The van der Waals surface area contributed by atoms with E-state index in [1.807, 2.05) is 6.92 Å². The number of benzene rings is 1. The summed E-state index contributed by atoms with van der Waals surface area (Å²) >= 11 is 0. The smallest absolute Gasteiger partial charge is 0.407 e. The molecule has 1 aromatic carbocycles. The summed E-state index contributed by atoms with van der Waals surface area (Å²) in [5, 5.41) is 14.6. The van der Waals surface area contributed by atoms with Crippen LogP contribution in [0.25, 0.3) is 0 Å². The van der Waals surface area contributed by atoms with Crippen molar-refractivity contribution in [3.8, 4) is 5.75 Å². The Balaban J connectivity index is 2.39. The van der Waals surface area contributed by atoms with Crippen molar-refractivity contribution in [1.82, 2.24) is 5.32 Å². The lowest BCUT2D eigenvalue weighted by atomic mass is 10.2. The molecule has 1 rings (SSSR count). The number of anilines is 1. The van der Waals surface area contributed by atoms with E-state index in [1.165, 1.54) is 6.07 Å². The minimum Gasteiger partial charge on any atom is -0.506 e. The van der Waals surface area contributed by atoms with Gasteiger partial charge in [0.1, 0.15) is 5.75 Å². The van der Waals surface area contributed by atoms with E-state index in [1.54, 1.807) is 19.1 Å². The molecular formula is C13H18N2O4. The largest absolute Gasteiger partial charge is 0.506 e. The molecule has 0 unspecified atom stereocenters. The lowest BCUT2D eigenvalue weighted by Crippen LogP contribution is -2.28. The minimum absolute atomic E-state index is 0.0114. The van der Waals surface area contributed by atoms with Crippen LogP contribution in [0.3, 0.4) is 0 Å². The number of hydrogen-bond donors (Lipinski definition) is 3. The summed E-state index contributed by atoms with van der Waals surface area (Å²) in [6, 6.07) is 4.93. The van der Waals surface area contributed by atoms with Crippen LogP contribution in [-0.2, 0) is 9.53 Å². The summed E-state index contributed by atoms with van der Waals surface area (Å²) < 4.78 is 4.66. The highest BCUT2D eigenvalue weighted by Gasteiger charge is 2.07. The number of nitrogens with one attached hydrogen (secondary N) is 2. The van der Waals surface area contributed by atoms with Gasteiger partial charge in [-0.25, -0.2) is 4.79 Å². The number of carbonyl (C=O) groups excluding carboxylic acids is 2. The molecular weight excluding hydrogens is 248 g/mol. The molecule has 0 spiro atoms. The monoisotopic (exact) mass is 266 g/mol. The van der Waals surface area contributed by atoms with E-state index in [2.05, 4.69) is 15.4 Å². The molecule has 0 bridgehead atoms. The summed E-state index contributed by atoms with van der Waals surface area (Å²) in [4.78, 5) is 22.6. The molecule has 0 heterocycles. The molecule has 0 aliphatic heterocycles. The molecule has 0 aliphatic carbocycles. The Hall–Kier alpha value is -2.24. The molecule has 0 fully saturated rings. The highest BCUT2D eigenvalue weighted by atomic mass is 16.5. The zero-order valence-electron chi connectivity index (χ0n) is 11.0. The van der Waals surface area contributed by atoms with E-state index in [9.17, 15) is 14.7 Å². The Labute approximate surface area is 111 Å². The number of hydrogen-bond acceptors (Lipinski definition) is 4. The number of rotatable bonds is 5. The predicted molar refractivity (Wildman–Crippen MR) is 71.1 cm³/mol. The van der Waals surface area contributed by atoms with Crippen LogP contribution in [0.2, 0.25) is 0 Å². The fourth-order valence-electron chi connectivity index (χ4n) is 1.42. The second-order valence-electron chi connectivity index (χ2n) is 3.97. The molecule has 104 valence electrons. The number of aromatic hydroxyl groups is 1. The van der Waals surface area contributed by atoms with E-state index < -0.39 is 6.09 Å². The average molecular weight is 266 g/mol. The average Bonchev–Trinajstić information content (AvgIpc) is 2.34. The second-order valence-corrected chi connectivity index (χ2v) is 3.97. The lowest BCUT2D eigenvalue weighted by molar-refractivity contribution is -0.116. The SMILES string of the molecule is CCOC(=O)NCCC(=O)Nc1cc(C)ccc1O. The van der Waals surface area contributed by atoms with Gasteiger partial charge in [0.2, 0.25) is 5.91 Å². The molecule has 0 saturated carbocycles. The minimum atomic E-state index is -0.547. The van der Waals surface area contributed by atoms with Crippen molar-refractivity contribution in [3.63, 3.8) is 0 Å². The Morgan fingerprint density at radius 1 is 1.37 bits per heavy atom. The van der Waals surface area contributed by atoms with Crippen LogP contribution in [-0.4, -0.2) is 30.3 Å². The number of aryl methyl sites for hydroxylation is 1. The van der Waals surface area contributed by atoms with Crippen molar-refractivity contribution in [2.45, 2.75) is 20.3 Å². The molecule has 0 aromatic heterocycles. The Morgan fingerprint density at radius 3 is 2.79 bits per heavy atom. The zero-order chi connectivity index (χ0) is 14.3. The molecule has 6 heteroatoms. The maximum Gasteiger partial charge on any atom is 0.407 e. The van der Waals surface area contributed by atoms with Gasteiger partial charge in [-0.2, -0.15) is 0 Å². The Bertz CT molecular complexity index is 460. The molecule has 3 N–H and O–H groups in total. The van der Waals surface area contributed by atoms with Crippen molar-refractivity contribution < 1.29 is 19.4 Å². The van der Waals surface area contributed by atoms with E-state index >= 15 is 0 Å². The van der Waals surface area contributed by atoms with Crippen LogP contribution in [0.4, 0.5) is 10.5 Å². The van der Waals surface area contributed by atoms with Gasteiger partial charge in [-0.05, 0) is 31.5 Å². The van der Waals surface area contributed by atoms with Crippen LogP contribution in [0.5, 0.6) is 5.75 Å². The van der Waals surface area contributed by atoms with Crippen molar-refractivity contribution in [2.75, 3.05) is 18.5 Å². The van der Waals surface area contributed by atoms with Gasteiger partial charge in [0.25, 0.3) is 0 Å². The van der Waals surface area contributed by atoms with E-state index in [0.29, 0.717) is 5.69 Å². The molecule has 0 saturated heterocycles. The van der Waals surface area contributed by atoms with Crippen molar-refractivity contribution in [2.24, 2.45) is 0 Å². The first-order chi connectivity index (χ1) is 9.02. The molecule has 6 nitrogen and oxygen atoms in total. The van der Waals surface area contributed by atoms with Gasteiger partial charge in [-0.1, -0.05) is 6.07 Å². The van der Waals surface area contributed by atoms with Crippen molar-refractivity contribution >= 4 is 17.7 Å². The number of ether oxygens (including phenoxy) is 1. The molecule has 2 amide bonds. The van der Waals surface area contributed by atoms with Crippen LogP contribution in [0.15, 0.2) is 18.2 Å². The highest BCUT2D eigenvalue weighted by molar-refractivity contribution is 5.92. The first kappa shape index (κ1) is 14.8. The molecule has 19 heavy (non-hydrogen) atoms. The van der Waals surface area contributed by atoms with Gasteiger partial charge in [-0.3, -0.25) is 4.79 Å². The van der Waals surface area contributed by atoms with Gasteiger partial charge in [0.05, 0.1) is 12.3 Å². The first-order valence-electron chi connectivity index (χ1n) is 6.03. The van der Waals surface area contributed by atoms with Crippen LogP contribution in [0.1, 0.15) is 18.9 Å². The summed E-state index contributed by atoms with van der Waals surface area (Å²) in [5.41, 5.74) is 1.29. The molecule has 0 aliphatic rings. The summed E-state index contributed by atoms with van der Waals surface area (Å²) in [6.07, 6.45) is -0.444. The van der Waals surface area contributed by atoms with Gasteiger partial charge >= 0.3 is 6.09 Å². The third-order valence-corrected chi connectivity index (χ3v) is 2.32. The van der Waals surface area contributed by atoms with Crippen LogP contribution in [0, 0.1) is 6.92 Å². The lowest BCUT2D eigenvalue weighted by Gasteiger charge is -2.08. The van der Waals surface area contributed by atoms with Gasteiger partial charge in [0.15, 0.2) is 0 Å². The number of phenolic OH excluding ortho intramolecular Hbond substituents is 1. The quantitative estimate of drug-likeness (QED) is 0.709. The topological polar surface area (TPSA) is 87.7 Å². The highest BCUT2D eigenvalue weighted by Crippen LogP contribution is 2.23. The molecule has 0 radical (unpaired) electrons. The summed E-state index contributed by atoms with van der Waals surface area (Å²) in [6.45, 7) is 4.02. The van der Waals surface area contributed by atoms with Gasteiger partial charge in [0, 0.05) is 13.0 Å².